The monoisotopic (exact) mass is 509 g/mol. The van der Waals surface area contributed by atoms with E-state index in [2.05, 4.69) is 9.97 Å². The van der Waals surface area contributed by atoms with E-state index in [-0.39, 0.29) is 28.4 Å². The van der Waals surface area contributed by atoms with Crippen LogP contribution in [0.2, 0.25) is 5.28 Å². The van der Waals surface area contributed by atoms with Gasteiger partial charge in [-0.05, 0) is 64.0 Å². The predicted octanol–water partition coefficient (Wildman–Crippen LogP) is 6.59. The number of hydrogen-bond acceptors (Lipinski definition) is 6. The molecule has 1 aromatic heterocycles. The second kappa shape index (κ2) is 9.44. The molecule has 0 bridgehead atoms. The van der Waals surface area contributed by atoms with Crippen LogP contribution in [0.15, 0.2) is 71.8 Å². The molecule has 0 saturated carbocycles. The van der Waals surface area contributed by atoms with Crippen molar-refractivity contribution in [3.8, 4) is 11.6 Å². The highest BCUT2D eigenvalue weighted by molar-refractivity contribution is 8.18. The van der Waals surface area contributed by atoms with Gasteiger partial charge < -0.3 is 4.74 Å². The zero-order valence-electron chi connectivity index (χ0n) is 17.7. The first-order valence-electron chi connectivity index (χ1n) is 10.3. The molecule has 4 aromatic rings. The van der Waals surface area contributed by atoms with Gasteiger partial charge in [0.05, 0.1) is 17.6 Å². The van der Waals surface area contributed by atoms with Gasteiger partial charge in [0, 0.05) is 5.56 Å². The summed E-state index contributed by atoms with van der Waals surface area (Å²) in [7, 11) is 0. The van der Waals surface area contributed by atoms with E-state index < -0.39 is 22.8 Å². The molecule has 174 valence electrons. The number of thioether (sulfide) groups is 1. The summed E-state index contributed by atoms with van der Waals surface area (Å²) in [6.45, 7) is 0.00578. The third-order valence-electron chi connectivity index (χ3n) is 5.22. The molecule has 1 saturated heterocycles. The van der Waals surface area contributed by atoms with Gasteiger partial charge >= 0.3 is 0 Å². The molecule has 10 heteroatoms. The summed E-state index contributed by atoms with van der Waals surface area (Å²) in [6, 6.07) is 16.3. The van der Waals surface area contributed by atoms with Crippen molar-refractivity contribution in [3.05, 3.63) is 99.8 Å². The van der Waals surface area contributed by atoms with E-state index in [9.17, 15) is 18.4 Å². The lowest BCUT2D eigenvalue weighted by molar-refractivity contribution is -0.123. The normalized spacial score (nSPS) is 14.8. The molecule has 3 aromatic carbocycles. The third-order valence-corrected chi connectivity index (χ3v) is 6.31. The minimum Gasteiger partial charge on any atom is -0.436 e. The Kier molecular flexibility index (Phi) is 6.19. The number of halogens is 3. The van der Waals surface area contributed by atoms with Crippen molar-refractivity contribution in [2.45, 2.75) is 6.54 Å². The quantitative estimate of drug-likeness (QED) is 0.223. The van der Waals surface area contributed by atoms with E-state index in [0.717, 1.165) is 33.6 Å². The van der Waals surface area contributed by atoms with E-state index >= 15 is 0 Å². The van der Waals surface area contributed by atoms with Crippen LogP contribution in [0.1, 0.15) is 11.1 Å². The van der Waals surface area contributed by atoms with Crippen molar-refractivity contribution in [2.24, 2.45) is 0 Å². The second-order valence-electron chi connectivity index (χ2n) is 7.49. The minimum atomic E-state index is -0.812. The number of aromatic nitrogens is 2. The molecule has 6 nitrogen and oxygen atoms in total. The molecule has 35 heavy (non-hydrogen) atoms. The van der Waals surface area contributed by atoms with Crippen LogP contribution < -0.4 is 4.74 Å². The number of rotatable bonds is 5. The molecular weight excluding hydrogens is 496 g/mol. The number of hydrogen-bond donors (Lipinski definition) is 0. The van der Waals surface area contributed by atoms with Gasteiger partial charge in [0.1, 0.15) is 11.6 Å². The van der Waals surface area contributed by atoms with Gasteiger partial charge in [0.2, 0.25) is 11.1 Å². The number of carbonyl (C=O) groups is 2. The smallest absolute Gasteiger partial charge is 0.293 e. The van der Waals surface area contributed by atoms with Crippen molar-refractivity contribution >= 4 is 51.4 Å². The van der Waals surface area contributed by atoms with E-state index in [1.54, 1.807) is 12.1 Å². The van der Waals surface area contributed by atoms with E-state index in [1.165, 1.54) is 30.3 Å². The van der Waals surface area contributed by atoms with Gasteiger partial charge in [-0.15, -0.1) is 0 Å². The Labute approximate surface area is 207 Å². The Balaban J connectivity index is 1.54. The highest BCUT2D eigenvalue weighted by Crippen LogP contribution is 2.38. The molecule has 5 rings (SSSR count). The van der Waals surface area contributed by atoms with Crippen molar-refractivity contribution in [2.75, 3.05) is 0 Å². The average molecular weight is 510 g/mol. The molecule has 2 amide bonds. The molecule has 1 aliphatic rings. The van der Waals surface area contributed by atoms with Gasteiger partial charge in [-0.2, -0.15) is 9.37 Å². The number of benzene rings is 3. The SMILES string of the molecule is O=C1S/C(=C/c2c(Oc3nc(Cl)ncc3F)ccc3ccccc23)C(=O)N1Cc1ccc(F)cc1. The van der Waals surface area contributed by atoms with E-state index in [4.69, 9.17) is 16.3 Å². The molecule has 1 fully saturated rings. The van der Waals surface area contributed by atoms with Crippen LogP contribution in [0.25, 0.3) is 16.8 Å². The van der Waals surface area contributed by atoms with Gasteiger partial charge in [0.25, 0.3) is 17.0 Å². The van der Waals surface area contributed by atoms with Crippen LogP contribution >= 0.6 is 23.4 Å². The van der Waals surface area contributed by atoms with E-state index in [1.807, 2.05) is 24.3 Å². The van der Waals surface area contributed by atoms with Crippen LogP contribution in [-0.2, 0) is 11.3 Å². The first-order valence-corrected chi connectivity index (χ1v) is 11.5. The highest BCUT2D eigenvalue weighted by atomic mass is 35.5. The molecule has 0 radical (unpaired) electrons. The predicted molar refractivity (Wildman–Crippen MR) is 129 cm³/mol. The summed E-state index contributed by atoms with van der Waals surface area (Å²) in [6.07, 6.45) is 2.43. The number of amides is 2. The van der Waals surface area contributed by atoms with Crippen LogP contribution in [0.5, 0.6) is 11.6 Å². The standard InChI is InChI=1S/C25H14ClF2N3O3S/c26-24-29-12-19(28)22(30-24)34-20-10-7-15-3-1-2-4-17(15)18(20)11-21-23(32)31(25(33)35-21)13-14-5-8-16(27)9-6-14/h1-12H,13H2/b21-11+. The van der Waals surface area contributed by atoms with Crippen LogP contribution in [0.4, 0.5) is 13.6 Å². The summed E-state index contributed by atoms with van der Waals surface area (Å²) < 4.78 is 33.2. The number of fused-ring (bicyclic) bond motifs is 1. The minimum absolute atomic E-state index is 0.00578. The Morgan fingerprint density at radius 1 is 1.03 bits per heavy atom. The molecule has 0 atom stereocenters. The second-order valence-corrected chi connectivity index (χ2v) is 8.82. The Hall–Kier alpha value is -3.82. The summed E-state index contributed by atoms with van der Waals surface area (Å²) >= 11 is 6.57. The zero-order valence-corrected chi connectivity index (χ0v) is 19.3. The lowest BCUT2D eigenvalue weighted by Crippen LogP contribution is -2.27. The topological polar surface area (TPSA) is 72.4 Å². The lowest BCUT2D eigenvalue weighted by atomic mass is 10.0. The molecule has 0 spiro atoms. The number of carbonyl (C=O) groups excluding carboxylic acids is 2. The fourth-order valence-corrected chi connectivity index (χ4v) is 4.51. The molecule has 0 aliphatic carbocycles. The third kappa shape index (κ3) is 4.73. The van der Waals surface area contributed by atoms with Crippen LogP contribution in [0.3, 0.4) is 0 Å². The van der Waals surface area contributed by atoms with Gasteiger partial charge in [-0.25, -0.2) is 9.37 Å². The fourth-order valence-electron chi connectivity index (χ4n) is 3.56. The first-order chi connectivity index (χ1) is 16.9. The van der Waals surface area contributed by atoms with Gasteiger partial charge in [-0.3, -0.25) is 14.5 Å². The van der Waals surface area contributed by atoms with Crippen molar-refractivity contribution in [1.82, 2.24) is 14.9 Å². The van der Waals surface area contributed by atoms with Crippen LogP contribution in [-0.4, -0.2) is 26.0 Å². The molecule has 0 N–H and O–H groups in total. The molecule has 1 aliphatic heterocycles. The fraction of sp³-hybridized carbons (Fsp3) is 0.0400. The molecule has 2 heterocycles. The first kappa shape index (κ1) is 22.9. The molecular formula is C25H14ClF2N3O3S. The summed E-state index contributed by atoms with van der Waals surface area (Å²) in [5.41, 5.74) is 1.07. The zero-order chi connectivity index (χ0) is 24.5. The van der Waals surface area contributed by atoms with Crippen molar-refractivity contribution in [3.63, 3.8) is 0 Å². The lowest BCUT2D eigenvalue weighted by Gasteiger charge is -2.13. The Bertz CT molecular complexity index is 1510. The summed E-state index contributed by atoms with van der Waals surface area (Å²) in [5.74, 6) is -1.89. The Morgan fingerprint density at radius 3 is 2.60 bits per heavy atom. The van der Waals surface area contributed by atoms with Gasteiger partial charge in [0.15, 0.2) is 0 Å². The van der Waals surface area contributed by atoms with E-state index in [0.29, 0.717) is 11.1 Å². The average Bonchev–Trinajstić information content (AvgIpc) is 3.11. The van der Waals surface area contributed by atoms with Crippen molar-refractivity contribution < 1.29 is 23.1 Å². The van der Waals surface area contributed by atoms with Gasteiger partial charge in [-0.1, -0.05) is 42.5 Å². The maximum Gasteiger partial charge on any atom is 0.293 e. The maximum atomic E-state index is 14.2. The molecule has 0 unspecified atom stereocenters. The number of ether oxygens (including phenoxy) is 1. The Morgan fingerprint density at radius 2 is 1.80 bits per heavy atom. The number of nitrogens with zero attached hydrogens (tertiary/aromatic N) is 3. The maximum absolute atomic E-state index is 14.2. The largest absolute Gasteiger partial charge is 0.436 e. The highest BCUT2D eigenvalue weighted by Gasteiger charge is 2.35. The summed E-state index contributed by atoms with van der Waals surface area (Å²) in [4.78, 5) is 34.3. The van der Waals surface area contributed by atoms with Crippen LogP contribution in [0, 0.1) is 11.6 Å². The van der Waals surface area contributed by atoms with Crippen molar-refractivity contribution in [1.29, 1.82) is 0 Å². The summed E-state index contributed by atoms with van der Waals surface area (Å²) in [5, 5.41) is 0.918. The number of imide groups is 1.